The van der Waals surface area contributed by atoms with Gasteiger partial charge in [0.25, 0.3) is 0 Å². The molecule has 0 aliphatic carbocycles. The zero-order chi connectivity index (χ0) is 60.4. The molecule has 0 amide bonds. The third kappa shape index (κ3) is 15.3. The third-order valence-corrected chi connectivity index (χ3v) is 17.5. The molecule has 23 heteroatoms. The Balaban J connectivity index is 1.30. The number of ether oxygens (including phenoxy) is 9. The van der Waals surface area contributed by atoms with Gasteiger partial charge in [0.2, 0.25) is 6.79 Å². The SMILES string of the molecule is CC[C@H]1OC(=O)[C@H](C)[C@@H](O[C@H]2C[C@@](C)(OC)[C@@H](O)[C@H](C)O2)[C@H](C)[C@@H](O[C@@H]2O[C@H](C)C[C@H](N(C)CCc3cn([C@H](CF)[C@H](OC)c4ccc(-c5ccc(CO)nc5)cc4)nn3)[C@H]2O)[C@](C)(OC)C[C@@H](C)/C(=N\OCOC)[C@H](C)[C@@H](O)[C@]1(C)O. The summed E-state index contributed by atoms with van der Waals surface area (Å²) < 4.78 is 73.0. The van der Waals surface area contributed by atoms with Gasteiger partial charge < -0.3 is 77.9 Å². The first-order valence-corrected chi connectivity index (χ1v) is 28.6. The van der Waals surface area contributed by atoms with E-state index in [4.69, 9.17) is 47.5 Å². The van der Waals surface area contributed by atoms with E-state index in [-0.39, 0.29) is 32.7 Å². The van der Waals surface area contributed by atoms with Crippen molar-refractivity contribution >= 4 is 11.7 Å². The quantitative estimate of drug-likeness (QED) is 0.0381. The Labute approximate surface area is 482 Å². The van der Waals surface area contributed by atoms with Crippen LogP contribution in [0.15, 0.2) is 53.9 Å². The molecule has 0 radical (unpaired) electrons. The number of esters is 1. The van der Waals surface area contributed by atoms with E-state index in [9.17, 15) is 30.3 Å². The van der Waals surface area contributed by atoms with Crippen molar-refractivity contribution < 1.29 is 82.2 Å². The van der Waals surface area contributed by atoms with Crippen molar-refractivity contribution in [1.29, 1.82) is 0 Å². The van der Waals surface area contributed by atoms with Crippen molar-refractivity contribution in [3.8, 4) is 11.1 Å². The van der Waals surface area contributed by atoms with Crippen LogP contribution in [-0.2, 0) is 65.3 Å². The van der Waals surface area contributed by atoms with Gasteiger partial charge in [-0.25, -0.2) is 9.07 Å². The molecule has 6 rings (SSSR count). The Kier molecular flexibility index (Phi) is 23.9. The lowest BCUT2D eigenvalue weighted by molar-refractivity contribution is -0.319. The number of alkyl halides is 1. The van der Waals surface area contributed by atoms with Gasteiger partial charge in [0, 0.05) is 89.6 Å². The Bertz CT molecular complexity index is 2480. The second-order valence-electron chi connectivity index (χ2n) is 23.4. The molecule has 20 atom stereocenters. The van der Waals surface area contributed by atoms with Crippen molar-refractivity contribution in [3.63, 3.8) is 0 Å². The summed E-state index contributed by atoms with van der Waals surface area (Å²) in [5.74, 6) is -4.03. The van der Waals surface area contributed by atoms with E-state index in [1.807, 2.05) is 70.0 Å². The number of methoxy groups -OCH3 is 4. The van der Waals surface area contributed by atoms with E-state index in [1.165, 1.54) is 40.0 Å². The van der Waals surface area contributed by atoms with Crippen molar-refractivity contribution in [2.75, 3.05) is 55.5 Å². The van der Waals surface area contributed by atoms with Crippen LogP contribution in [-0.4, -0.2) is 202 Å². The van der Waals surface area contributed by atoms with Crippen LogP contribution in [0.5, 0.6) is 0 Å². The summed E-state index contributed by atoms with van der Waals surface area (Å²) in [7, 11) is 7.90. The van der Waals surface area contributed by atoms with Crippen molar-refractivity contribution in [2.24, 2.45) is 28.8 Å². The van der Waals surface area contributed by atoms with Crippen LogP contribution in [0.3, 0.4) is 0 Å². The summed E-state index contributed by atoms with van der Waals surface area (Å²) in [5.41, 5.74) is -0.367. The molecule has 0 bridgehead atoms. The molecule has 1 aromatic carbocycles. The zero-order valence-corrected chi connectivity index (χ0v) is 50.6. The first kappa shape index (κ1) is 67.0. The summed E-state index contributed by atoms with van der Waals surface area (Å²) in [5, 5.41) is 70.5. The van der Waals surface area contributed by atoms with Crippen LogP contribution in [0.1, 0.15) is 124 Å². The first-order chi connectivity index (χ1) is 38.8. The summed E-state index contributed by atoms with van der Waals surface area (Å²) in [6, 6.07) is 9.88. The number of aromatic nitrogens is 4. The molecule has 2 aromatic heterocycles. The maximum Gasteiger partial charge on any atom is 0.311 e. The number of aliphatic hydroxyl groups excluding tert-OH is 4. The van der Waals surface area contributed by atoms with Crippen LogP contribution < -0.4 is 0 Å². The van der Waals surface area contributed by atoms with Gasteiger partial charge in [-0.3, -0.25) is 9.78 Å². The molecule has 3 aromatic rings. The molecule has 82 heavy (non-hydrogen) atoms. The highest BCUT2D eigenvalue weighted by Crippen LogP contribution is 2.43. The average Bonchev–Trinajstić information content (AvgIpc) is 4.05. The number of cyclic esters (lactones) is 1. The standard InChI is InChI=1S/C59H93FN6O16/c1-16-46-59(10,72)52(69)35(4)48(63-77-32-73-12)33(2)26-58(9,76-15)54(36(5)50(37(6)55(71)80-46)81-47-27-57(8,75-14)53(70)38(7)79-47)82-56-49(68)44(25-34(3)78-56)65(11)24-23-42-30-66(64-62-42)45(28-60)51(74-13)40-19-17-39(18-20-40)41-21-22-43(31-67)61-29-41/h17-22,29-30,33-38,44-47,49-54,56,67-70,72H,16,23-28,31-32H2,1-15H3/b63-48+/t33-,34-,35+,36+,37-,38+,44+,45-,46-,47+,49-,50+,51-,52-,53+,54-,56+,57-,58-,59-/m1/s1. The number of rotatable bonds is 21. The third-order valence-electron chi connectivity index (χ3n) is 17.5. The number of nitrogens with zero attached hydrogens (tertiary/aromatic N) is 6. The number of aliphatic hydroxyl groups is 5. The monoisotopic (exact) mass is 1160 g/mol. The van der Waals surface area contributed by atoms with Gasteiger partial charge >= 0.3 is 5.97 Å². The second-order valence-corrected chi connectivity index (χ2v) is 23.4. The van der Waals surface area contributed by atoms with E-state index in [0.717, 1.165) is 16.7 Å². The predicted octanol–water partition coefficient (Wildman–Crippen LogP) is 5.50. The van der Waals surface area contributed by atoms with Gasteiger partial charge in [0.15, 0.2) is 12.6 Å². The highest BCUT2D eigenvalue weighted by molar-refractivity contribution is 5.88. The maximum atomic E-state index is 15.0. The van der Waals surface area contributed by atoms with Gasteiger partial charge in [0.1, 0.15) is 42.7 Å². The van der Waals surface area contributed by atoms with Gasteiger partial charge in [0.05, 0.1) is 71.3 Å². The Morgan fingerprint density at radius 2 is 1.57 bits per heavy atom. The molecule has 22 nitrogen and oxygen atoms in total. The van der Waals surface area contributed by atoms with E-state index < -0.39 is 133 Å². The Morgan fingerprint density at radius 3 is 2.17 bits per heavy atom. The maximum absolute atomic E-state index is 15.0. The number of oxime groups is 1. The van der Waals surface area contributed by atoms with Gasteiger partial charge in [-0.1, -0.05) is 68.4 Å². The second kappa shape index (κ2) is 29.3. The van der Waals surface area contributed by atoms with Crippen molar-refractivity contribution in [3.05, 3.63) is 65.7 Å². The number of carbonyl (C=O) groups excluding carboxylic acids is 1. The summed E-state index contributed by atoms with van der Waals surface area (Å²) in [4.78, 5) is 26.6. The van der Waals surface area contributed by atoms with Crippen LogP contribution in [0, 0.1) is 23.7 Å². The molecular formula is C59H93FN6O16. The first-order valence-electron chi connectivity index (χ1n) is 28.6. The number of benzene rings is 1. The molecule has 3 saturated heterocycles. The molecule has 5 heterocycles. The Morgan fingerprint density at radius 1 is 0.890 bits per heavy atom. The molecule has 462 valence electrons. The van der Waals surface area contributed by atoms with Crippen molar-refractivity contribution in [2.45, 2.75) is 204 Å². The fourth-order valence-electron chi connectivity index (χ4n) is 12.3. The molecule has 3 fully saturated rings. The minimum Gasteiger partial charge on any atom is -0.459 e. The molecule has 0 saturated carbocycles. The Hall–Kier alpha value is -4.18. The van der Waals surface area contributed by atoms with E-state index in [1.54, 1.807) is 53.1 Å². The zero-order valence-electron chi connectivity index (χ0n) is 50.6. The van der Waals surface area contributed by atoms with E-state index in [2.05, 4.69) is 20.5 Å². The number of hydrogen-bond donors (Lipinski definition) is 5. The summed E-state index contributed by atoms with van der Waals surface area (Å²) in [6.07, 6.45) is -6.65. The normalized spacial score (nSPS) is 36.6. The van der Waals surface area contributed by atoms with Crippen molar-refractivity contribution in [1.82, 2.24) is 24.9 Å². The van der Waals surface area contributed by atoms with Crippen LogP contribution in [0.4, 0.5) is 4.39 Å². The smallest absolute Gasteiger partial charge is 0.311 e. The number of carbonyl (C=O) groups is 1. The summed E-state index contributed by atoms with van der Waals surface area (Å²) >= 11 is 0. The predicted molar refractivity (Wildman–Crippen MR) is 299 cm³/mol. The topological polar surface area (TPSA) is 270 Å². The number of halogens is 1. The minimum atomic E-state index is -1.98. The molecule has 5 N–H and O–H groups in total. The molecule has 0 spiro atoms. The fourth-order valence-corrected chi connectivity index (χ4v) is 12.3. The number of pyridine rings is 1. The van der Waals surface area contributed by atoms with Crippen LogP contribution >= 0.6 is 0 Å². The van der Waals surface area contributed by atoms with Gasteiger partial charge in [-0.15, -0.1) is 5.10 Å². The lowest BCUT2D eigenvalue weighted by atomic mass is 9.73. The van der Waals surface area contributed by atoms with Gasteiger partial charge in [-0.2, -0.15) is 0 Å². The summed E-state index contributed by atoms with van der Waals surface area (Å²) in [6.45, 7) is 16.8. The minimum absolute atomic E-state index is 0.0786. The van der Waals surface area contributed by atoms with E-state index in [0.29, 0.717) is 36.5 Å². The molecule has 3 aliphatic heterocycles. The fraction of sp³-hybridized carbons (Fsp3) is 0.746. The highest BCUT2D eigenvalue weighted by Gasteiger charge is 2.54. The molecule has 0 unspecified atom stereocenters. The average molecular weight is 1160 g/mol. The highest BCUT2D eigenvalue weighted by atomic mass is 19.1. The molecular weight excluding hydrogens is 1070 g/mol. The molecule has 3 aliphatic rings. The van der Waals surface area contributed by atoms with Crippen LogP contribution in [0.25, 0.3) is 11.1 Å². The lowest BCUT2D eigenvalue weighted by Crippen LogP contribution is -2.61. The lowest BCUT2D eigenvalue weighted by Gasteiger charge is -2.50. The van der Waals surface area contributed by atoms with Crippen LogP contribution in [0.2, 0.25) is 0 Å². The number of likely N-dealkylation sites (N-methyl/N-ethyl adjacent to an activating group) is 1. The number of hydrogen-bond acceptors (Lipinski definition) is 21. The largest absolute Gasteiger partial charge is 0.459 e. The van der Waals surface area contributed by atoms with Gasteiger partial charge in [-0.05, 0) is 85.0 Å². The van der Waals surface area contributed by atoms with E-state index >= 15 is 4.39 Å².